The summed E-state index contributed by atoms with van der Waals surface area (Å²) in [4.78, 5) is 19.7. The molecule has 0 aliphatic heterocycles. The van der Waals surface area contributed by atoms with Gasteiger partial charge in [-0.2, -0.15) is 13.2 Å². The van der Waals surface area contributed by atoms with Crippen LogP contribution in [0.5, 0.6) is 0 Å². The van der Waals surface area contributed by atoms with E-state index in [-0.39, 0.29) is 5.92 Å². The molecular weight excluding hydrogens is 415 g/mol. The number of anilines is 2. The molecule has 4 nitrogen and oxygen atoms in total. The van der Waals surface area contributed by atoms with E-state index in [2.05, 4.69) is 15.3 Å². The third kappa shape index (κ3) is 4.16. The average Bonchev–Trinajstić information content (AvgIpc) is 2.75. The van der Waals surface area contributed by atoms with Gasteiger partial charge in [0.15, 0.2) is 0 Å². The fourth-order valence-corrected chi connectivity index (χ4v) is 3.92. The largest absolute Gasteiger partial charge is 0.416 e. The zero-order valence-electron chi connectivity index (χ0n) is 15.7. The fourth-order valence-electron chi connectivity index (χ4n) is 3.65. The van der Waals surface area contributed by atoms with Crippen LogP contribution in [0.3, 0.4) is 0 Å². The molecule has 2 aromatic carbocycles. The van der Waals surface area contributed by atoms with Gasteiger partial charge in [-0.05, 0) is 54.7 Å². The van der Waals surface area contributed by atoms with E-state index < -0.39 is 11.7 Å². The number of halogens is 4. The lowest BCUT2D eigenvalue weighted by Crippen LogP contribution is -2.17. The summed E-state index contributed by atoms with van der Waals surface area (Å²) in [7, 11) is 0. The number of aldehydes is 1. The van der Waals surface area contributed by atoms with Gasteiger partial charge in [-0.3, -0.25) is 0 Å². The number of nitrogens with one attached hydrogen (secondary N) is 1. The first kappa shape index (κ1) is 20.3. The summed E-state index contributed by atoms with van der Waals surface area (Å²) >= 11 is 6.34. The van der Waals surface area contributed by atoms with Crippen molar-refractivity contribution in [3.8, 4) is 11.3 Å². The highest BCUT2D eigenvalue weighted by atomic mass is 35.5. The van der Waals surface area contributed by atoms with Crippen LogP contribution in [0.2, 0.25) is 5.02 Å². The molecule has 1 aliphatic rings. The minimum absolute atomic E-state index is 0.0513. The Labute approximate surface area is 176 Å². The van der Waals surface area contributed by atoms with Crippen LogP contribution in [0.4, 0.5) is 24.7 Å². The monoisotopic (exact) mass is 431 g/mol. The molecule has 0 spiro atoms. The van der Waals surface area contributed by atoms with Crippen LogP contribution in [0.25, 0.3) is 11.3 Å². The van der Waals surface area contributed by atoms with Crippen molar-refractivity contribution in [2.24, 2.45) is 5.92 Å². The molecule has 0 fully saturated rings. The summed E-state index contributed by atoms with van der Waals surface area (Å²) in [5, 5.41) is 3.92. The molecule has 30 heavy (non-hydrogen) atoms. The number of hydrogen-bond donors (Lipinski definition) is 1. The van der Waals surface area contributed by atoms with E-state index in [9.17, 15) is 18.0 Å². The van der Waals surface area contributed by atoms with Crippen LogP contribution >= 0.6 is 11.6 Å². The molecule has 1 atom stereocenters. The first-order valence-electron chi connectivity index (χ1n) is 9.37. The topological polar surface area (TPSA) is 54.9 Å². The number of benzene rings is 2. The number of hydrogen-bond acceptors (Lipinski definition) is 4. The first-order chi connectivity index (χ1) is 14.3. The van der Waals surface area contributed by atoms with Gasteiger partial charge in [0.1, 0.15) is 18.4 Å². The lowest BCUT2D eigenvalue weighted by atomic mass is 9.83. The Balaban J connectivity index is 1.62. The molecule has 1 unspecified atom stereocenters. The smallest absolute Gasteiger partial charge is 0.340 e. The van der Waals surface area contributed by atoms with E-state index >= 15 is 0 Å². The van der Waals surface area contributed by atoms with Crippen molar-refractivity contribution in [3.05, 3.63) is 70.5 Å². The molecule has 1 N–H and O–H groups in total. The number of carbonyl (C=O) groups excluding carboxylic acids is 1. The van der Waals surface area contributed by atoms with Crippen molar-refractivity contribution in [2.75, 3.05) is 5.32 Å². The summed E-state index contributed by atoms with van der Waals surface area (Å²) in [6.07, 6.45) is 0.0361. The minimum Gasteiger partial charge on any atom is -0.340 e. The number of fused-ring (bicyclic) bond motifs is 1. The predicted molar refractivity (Wildman–Crippen MR) is 109 cm³/mol. The lowest BCUT2D eigenvalue weighted by molar-refractivity contribution is -0.137. The molecule has 1 heterocycles. The molecule has 0 bridgehead atoms. The Morgan fingerprint density at radius 1 is 1.07 bits per heavy atom. The number of rotatable bonds is 4. The second-order valence-electron chi connectivity index (χ2n) is 7.18. The Hall–Kier alpha value is -2.93. The normalized spacial score (nSPS) is 16.1. The van der Waals surface area contributed by atoms with Gasteiger partial charge in [0, 0.05) is 28.3 Å². The van der Waals surface area contributed by atoms with Crippen LogP contribution < -0.4 is 5.32 Å². The SMILES string of the molecule is O=CC1CCc2c(Cl)ccc(Nc3cc(-c4ccc(C(F)(F)F)cc4)ncn3)c2C1. The second-order valence-corrected chi connectivity index (χ2v) is 7.59. The van der Waals surface area contributed by atoms with E-state index in [4.69, 9.17) is 11.6 Å². The van der Waals surface area contributed by atoms with Gasteiger partial charge >= 0.3 is 6.18 Å². The molecule has 0 saturated heterocycles. The average molecular weight is 432 g/mol. The van der Waals surface area contributed by atoms with Crippen molar-refractivity contribution in [1.82, 2.24) is 9.97 Å². The minimum atomic E-state index is -4.38. The van der Waals surface area contributed by atoms with Crippen LogP contribution in [0, 0.1) is 5.92 Å². The highest BCUT2D eigenvalue weighted by Crippen LogP contribution is 2.36. The van der Waals surface area contributed by atoms with Gasteiger partial charge in [0.25, 0.3) is 0 Å². The van der Waals surface area contributed by atoms with Gasteiger partial charge < -0.3 is 10.1 Å². The van der Waals surface area contributed by atoms with Crippen molar-refractivity contribution < 1.29 is 18.0 Å². The van der Waals surface area contributed by atoms with Gasteiger partial charge in [-0.15, -0.1) is 0 Å². The highest BCUT2D eigenvalue weighted by molar-refractivity contribution is 6.31. The van der Waals surface area contributed by atoms with Gasteiger partial charge in [0.2, 0.25) is 0 Å². The highest BCUT2D eigenvalue weighted by Gasteiger charge is 2.30. The zero-order chi connectivity index (χ0) is 21.3. The van der Waals surface area contributed by atoms with Crippen molar-refractivity contribution in [3.63, 3.8) is 0 Å². The quantitative estimate of drug-likeness (QED) is 0.525. The van der Waals surface area contributed by atoms with E-state index in [1.54, 1.807) is 6.07 Å². The molecule has 0 saturated carbocycles. The van der Waals surface area contributed by atoms with Gasteiger partial charge in [-0.1, -0.05) is 23.7 Å². The molecule has 1 aromatic heterocycles. The van der Waals surface area contributed by atoms with Crippen LogP contribution in [0.1, 0.15) is 23.1 Å². The standard InChI is InChI=1S/C22H17ClF3N3O/c23-18-7-8-19(17-9-13(11-30)1-6-16(17)18)29-21-10-20(27-12-28-21)14-2-4-15(5-3-14)22(24,25)26/h2-5,7-8,10-13H,1,6,9H2,(H,27,28,29). The predicted octanol–water partition coefficient (Wildman–Crippen LogP) is 5.86. The molecule has 4 rings (SSSR count). The van der Waals surface area contributed by atoms with Crippen LogP contribution in [-0.4, -0.2) is 16.3 Å². The fraction of sp³-hybridized carbons (Fsp3) is 0.227. The zero-order valence-corrected chi connectivity index (χ0v) is 16.5. The number of nitrogens with zero attached hydrogens (tertiary/aromatic N) is 2. The number of carbonyl (C=O) groups is 1. The van der Waals surface area contributed by atoms with Crippen LogP contribution in [0.15, 0.2) is 48.8 Å². The van der Waals surface area contributed by atoms with Crippen molar-refractivity contribution in [1.29, 1.82) is 0 Å². The maximum atomic E-state index is 12.8. The maximum Gasteiger partial charge on any atom is 0.416 e. The molecule has 154 valence electrons. The van der Waals surface area contributed by atoms with E-state index in [1.807, 2.05) is 12.1 Å². The van der Waals surface area contributed by atoms with Gasteiger partial charge in [0.05, 0.1) is 11.3 Å². The van der Waals surface area contributed by atoms with Gasteiger partial charge in [-0.25, -0.2) is 9.97 Å². The summed E-state index contributed by atoms with van der Waals surface area (Å²) in [6, 6.07) is 10.1. The van der Waals surface area contributed by atoms with E-state index in [0.717, 1.165) is 48.1 Å². The number of alkyl halides is 3. The Morgan fingerprint density at radius 2 is 1.83 bits per heavy atom. The maximum absolute atomic E-state index is 12.8. The lowest BCUT2D eigenvalue weighted by Gasteiger charge is -2.24. The summed E-state index contributed by atoms with van der Waals surface area (Å²) in [5.41, 5.74) is 3.15. The van der Waals surface area contributed by atoms with Crippen molar-refractivity contribution >= 4 is 29.4 Å². The number of aromatic nitrogens is 2. The summed E-state index contributed by atoms with van der Waals surface area (Å²) < 4.78 is 38.3. The Bertz CT molecular complexity index is 1080. The molecule has 8 heteroatoms. The van der Waals surface area contributed by atoms with Crippen LogP contribution in [-0.2, 0) is 23.8 Å². The third-order valence-electron chi connectivity index (χ3n) is 5.24. The molecule has 0 amide bonds. The molecule has 1 aliphatic carbocycles. The molecular formula is C22H17ClF3N3O. The second kappa shape index (κ2) is 8.07. The van der Waals surface area contributed by atoms with E-state index in [0.29, 0.717) is 28.5 Å². The Morgan fingerprint density at radius 3 is 2.53 bits per heavy atom. The molecule has 3 aromatic rings. The Kier molecular flexibility index (Phi) is 5.47. The van der Waals surface area contributed by atoms with E-state index in [1.165, 1.54) is 18.5 Å². The van der Waals surface area contributed by atoms with Crippen molar-refractivity contribution in [2.45, 2.75) is 25.4 Å². The summed E-state index contributed by atoms with van der Waals surface area (Å²) in [5.74, 6) is 0.447. The summed E-state index contributed by atoms with van der Waals surface area (Å²) in [6.45, 7) is 0. The third-order valence-corrected chi connectivity index (χ3v) is 5.59. The molecule has 0 radical (unpaired) electrons. The first-order valence-corrected chi connectivity index (χ1v) is 9.75.